The Labute approximate surface area is 131 Å². The van der Waals surface area contributed by atoms with Crippen LogP contribution in [0.1, 0.15) is 74.7 Å². The summed E-state index contributed by atoms with van der Waals surface area (Å²) < 4.78 is 0. The first kappa shape index (κ1) is 16.3. The van der Waals surface area contributed by atoms with Gasteiger partial charge in [-0.15, -0.1) is 0 Å². The molecule has 0 aliphatic heterocycles. The summed E-state index contributed by atoms with van der Waals surface area (Å²) in [6, 6.07) is 0. The lowest BCUT2D eigenvalue weighted by atomic mass is 9.89. The second-order valence-corrected chi connectivity index (χ2v) is 7.21. The molecule has 0 aromatic rings. The van der Waals surface area contributed by atoms with Crippen molar-refractivity contribution >= 4 is 0 Å². The Balaban J connectivity index is 1.99. The van der Waals surface area contributed by atoms with Gasteiger partial charge in [0.2, 0.25) is 0 Å². The minimum atomic E-state index is 0.669. The minimum Gasteiger partial charge on any atom is -0.0632 e. The van der Waals surface area contributed by atoms with Crippen molar-refractivity contribution in [3.8, 4) is 0 Å². The average molecular weight is 284 g/mol. The SMILES string of the molecule is CC1=C(C)C(C)C(CCCC2=C(C)C(C)=C(C)C2C)=C1C. The minimum absolute atomic E-state index is 0.669. The summed E-state index contributed by atoms with van der Waals surface area (Å²) in [5.74, 6) is 1.34. The van der Waals surface area contributed by atoms with E-state index in [-0.39, 0.29) is 0 Å². The molecule has 0 spiro atoms. The highest BCUT2D eigenvalue weighted by molar-refractivity contribution is 5.48. The number of allylic oxidation sites excluding steroid dienone is 8. The van der Waals surface area contributed by atoms with E-state index in [0.29, 0.717) is 11.8 Å². The number of rotatable bonds is 4. The van der Waals surface area contributed by atoms with Gasteiger partial charge < -0.3 is 0 Å². The molecular weight excluding hydrogens is 252 g/mol. The molecule has 0 amide bonds. The fraction of sp³-hybridized carbons (Fsp3) is 0.619. The van der Waals surface area contributed by atoms with Gasteiger partial charge in [-0.3, -0.25) is 0 Å². The van der Waals surface area contributed by atoms with Crippen molar-refractivity contribution in [2.24, 2.45) is 11.8 Å². The van der Waals surface area contributed by atoms with Crippen molar-refractivity contribution in [1.29, 1.82) is 0 Å². The van der Waals surface area contributed by atoms with E-state index in [2.05, 4.69) is 55.4 Å². The third kappa shape index (κ3) is 2.70. The summed E-state index contributed by atoms with van der Waals surface area (Å²) in [7, 11) is 0. The van der Waals surface area contributed by atoms with E-state index < -0.39 is 0 Å². The molecule has 116 valence electrons. The van der Waals surface area contributed by atoms with E-state index in [9.17, 15) is 0 Å². The van der Waals surface area contributed by atoms with Crippen LogP contribution in [0.3, 0.4) is 0 Å². The van der Waals surface area contributed by atoms with Crippen molar-refractivity contribution in [3.63, 3.8) is 0 Å². The summed E-state index contributed by atoms with van der Waals surface area (Å²) in [5, 5.41) is 0. The molecular formula is C21H32. The maximum absolute atomic E-state index is 2.38. The van der Waals surface area contributed by atoms with E-state index >= 15 is 0 Å². The molecule has 0 saturated heterocycles. The summed E-state index contributed by atoms with van der Waals surface area (Å²) in [5.41, 5.74) is 12.8. The van der Waals surface area contributed by atoms with Gasteiger partial charge in [-0.25, -0.2) is 0 Å². The lowest BCUT2D eigenvalue weighted by molar-refractivity contribution is 0.670. The molecule has 21 heavy (non-hydrogen) atoms. The third-order valence-electron chi connectivity index (χ3n) is 6.51. The van der Waals surface area contributed by atoms with Gasteiger partial charge in [-0.1, -0.05) is 36.1 Å². The van der Waals surface area contributed by atoms with E-state index in [1.54, 1.807) is 33.4 Å². The molecule has 0 radical (unpaired) electrons. The van der Waals surface area contributed by atoms with Crippen molar-refractivity contribution in [1.82, 2.24) is 0 Å². The zero-order valence-corrected chi connectivity index (χ0v) is 15.3. The highest BCUT2D eigenvalue weighted by atomic mass is 14.3. The Morgan fingerprint density at radius 3 is 1.14 bits per heavy atom. The summed E-state index contributed by atoms with van der Waals surface area (Å²) in [6.45, 7) is 18.6. The number of hydrogen-bond donors (Lipinski definition) is 0. The van der Waals surface area contributed by atoms with Gasteiger partial charge in [0, 0.05) is 0 Å². The zero-order valence-electron chi connectivity index (χ0n) is 15.3. The normalized spacial score (nSPS) is 26.9. The van der Waals surface area contributed by atoms with Gasteiger partial charge in [0.25, 0.3) is 0 Å². The third-order valence-corrected chi connectivity index (χ3v) is 6.51. The molecule has 2 atom stereocenters. The molecule has 0 heterocycles. The lowest BCUT2D eigenvalue weighted by Gasteiger charge is -2.16. The highest BCUT2D eigenvalue weighted by Crippen LogP contribution is 2.42. The van der Waals surface area contributed by atoms with Crippen LogP contribution in [-0.2, 0) is 0 Å². The quantitative estimate of drug-likeness (QED) is 0.535. The molecule has 2 unspecified atom stereocenters. The van der Waals surface area contributed by atoms with Crippen LogP contribution in [0.15, 0.2) is 44.6 Å². The van der Waals surface area contributed by atoms with Crippen molar-refractivity contribution in [2.75, 3.05) is 0 Å². The lowest BCUT2D eigenvalue weighted by Crippen LogP contribution is -2.01. The average Bonchev–Trinajstić information content (AvgIpc) is 2.76. The maximum Gasteiger partial charge on any atom is -0.00126 e. The Morgan fingerprint density at radius 2 is 0.905 bits per heavy atom. The molecule has 0 N–H and O–H groups in total. The smallest absolute Gasteiger partial charge is 0.00126 e. The Bertz CT molecular complexity index is 523. The fourth-order valence-corrected chi connectivity index (χ4v) is 4.17. The van der Waals surface area contributed by atoms with Crippen LogP contribution < -0.4 is 0 Å². The summed E-state index contributed by atoms with van der Waals surface area (Å²) in [6.07, 6.45) is 3.84. The van der Waals surface area contributed by atoms with Gasteiger partial charge in [0.1, 0.15) is 0 Å². The van der Waals surface area contributed by atoms with E-state index in [4.69, 9.17) is 0 Å². The largest absolute Gasteiger partial charge is 0.0632 e. The monoisotopic (exact) mass is 284 g/mol. The molecule has 0 aromatic carbocycles. The highest BCUT2D eigenvalue weighted by Gasteiger charge is 2.25. The van der Waals surface area contributed by atoms with Crippen molar-refractivity contribution in [3.05, 3.63) is 44.6 Å². The maximum atomic E-state index is 2.38. The molecule has 0 heteroatoms. The zero-order chi connectivity index (χ0) is 15.9. The van der Waals surface area contributed by atoms with E-state index in [0.717, 1.165) is 0 Å². The standard InChI is InChI=1S/C21H32/c1-12-13(2)17(6)20(16(12)5)10-9-11-21-18(7)14(3)15(4)19(21)8/h16,18H,9-11H2,1-8H3. The van der Waals surface area contributed by atoms with Crippen LogP contribution in [0.2, 0.25) is 0 Å². The first-order valence-corrected chi connectivity index (χ1v) is 8.52. The molecule has 2 aliphatic carbocycles. The van der Waals surface area contributed by atoms with Gasteiger partial charge >= 0.3 is 0 Å². The van der Waals surface area contributed by atoms with Gasteiger partial charge in [0.15, 0.2) is 0 Å². The van der Waals surface area contributed by atoms with Crippen molar-refractivity contribution < 1.29 is 0 Å². The Hall–Kier alpha value is -1.04. The molecule has 0 bridgehead atoms. The second kappa shape index (κ2) is 5.99. The summed E-state index contributed by atoms with van der Waals surface area (Å²) >= 11 is 0. The predicted octanol–water partition coefficient (Wildman–Crippen LogP) is 6.76. The van der Waals surface area contributed by atoms with Crippen LogP contribution >= 0.6 is 0 Å². The molecule has 0 fully saturated rings. The van der Waals surface area contributed by atoms with Gasteiger partial charge in [0.05, 0.1) is 0 Å². The Kier molecular flexibility index (Phi) is 4.66. The first-order chi connectivity index (χ1) is 9.77. The number of hydrogen-bond acceptors (Lipinski definition) is 0. The van der Waals surface area contributed by atoms with Gasteiger partial charge in [-0.2, -0.15) is 0 Å². The molecule has 0 aromatic heterocycles. The molecule has 2 rings (SSSR count). The van der Waals surface area contributed by atoms with Crippen LogP contribution in [0, 0.1) is 11.8 Å². The molecule has 0 saturated carbocycles. The van der Waals surface area contributed by atoms with E-state index in [1.807, 2.05) is 0 Å². The van der Waals surface area contributed by atoms with Crippen molar-refractivity contribution in [2.45, 2.75) is 74.7 Å². The molecule has 0 nitrogen and oxygen atoms in total. The second-order valence-electron chi connectivity index (χ2n) is 7.21. The Morgan fingerprint density at radius 1 is 0.571 bits per heavy atom. The predicted molar refractivity (Wildman–Crippen MR) is 94.3 cm³/mol. The molecule has 2 aliphatic rings. The fourth-order valence-electron chi connectivity index (χ4n) is 4.17. The first-order valence-electron chi connectivity index (χ1n) is 8.52. The van der Waals surface area contributed by atoms with Crippen LogP contribution in [-0.4, -0.2) is 0 Å². The van der Waals surface area contributed by atoms with Crippen LogP contribution in [0.25, 0.3) is 0 Å². The van der Waals surface area contributed by atoms with Crippen LogP contribution in [0.5, 0.6) is 0 Å². The topological polar surface area (TPSA) is 0 Å². The van der Waals surface area contributed by atoms with E-state index in [1.165, 1.54) is 30.4 Å². The summed E-state index contributed by atoms with van der Waals surface area (Å²) in [4.78, 5) is 0. The van der Waals surface area contributed by atoms with Crippen LogP contribution in [0.4, 0.5) is 0 Å². The van der Waals surface area contributed by atoms with Gasteiger partial charge in [-0.05, 0) is 94.9 Å².